The Morgan fingerprint density at radius 1 is 0.424 bits per heavy atom. The number of hydrogen-bond donors (Lipinski definition) is 0. The van der Waals surface area contributed by atoms with E-state index in [2.05, 4.69) is 12.6 Å². The summed E-state index contributed by atoms with van der Waals surface area (Å²) in [5, 5.41) is 0. The summed E-state index contributed by atoms with van der Waals surface area (Å²) in [6.45, 7) is 23.4. The van der Waals surface area contributed by atoms with Crippen molar-refractivity contribution in [3.8, 4) is 34.9 Å². The van der Waals surface area contributed by atoms with Gasteiger partial charge in [0.15, 0.2) is 0 Å². The van der Waals surface area contributed by atoms with Crippen molar-refractivity contribution >= 4 is 87.6 Å². The van der Waals surface area contributed by atoms with Crippen molar-refractivity contribution in [3.05, 3.63) is 71.7 Å². The number of rotatable bonds is 9. The van der Waals surface area contributed by atoms with Crippen LogP contribution < -0.4 is 28.4 Å². The van der Waals surface area contributed by atoms with Gasteiger partial charge in [-0.3, -0.25) is 28.8 Å². The molecule has 6 bridgehead atoms. The van der Waals surface area contributed by atoms with Crippen LogP contribution in [0.3, 0.4) is 0 Å². The van der Waals surface area contributed by atoms with Gasteiger partial charge in [0.2, 0.25) is 41.0 Å². The summed E-state index contributed by atoms with van der Waals surface area (Å²) >= 11 is 0. The SMILES string of the molecule is CC[C@@H]1[C@@H]2CN(C(=O)[C@H](C(C)(C)C)CC(=O)O[C@@H]3CC4(CC4)C[C@H]3CCCCCc3nc4ccc(OC)cc4nc3O2)[C@@H]1[C-]=O.COC[C@@]12CCC[C@H]1CCCCCc1nc3ccc(OC)cc3nc1O[C@H]1CN(C(=O)[C@H](C(C)(C)C)CC(=O)O2)[C@H]([C-]=O)[C@@H]1C.COc1ccc2nc3c(nc2c1)O[C@H]1CN(C(=O)[C@H](C(C)(C)C)CC(=O)O[C@]2(C(F)(F)F)CCC[C@H]2CCCCC3)[C@H]([C-]=O)[C@@H]1C.[V].[V].[V]. The maximum atomic E-state index is 14.7. The van der Waals surface area contributed by atoms with E-state index in [0.29, 0.717) is 132 Å². The summed E-state index contributed by atoms with van der Waals surface area (Å²) in [6.07, 6.45) is 18.9. The summed E-state index contributed by atoms with van der Waals surface area (Å²) in [5.41, 5.74) is 1.31. The van der Waals surface area contributed by atoms with Gasteiger partial charge in [-0.2, -0.15) is 13.2 Å². The third kappa shape index (κ3) is 25.1. The predicted molar refractivity (Wildman–Crippen MR) is 501 cm³/mol. The zero-order valence-electron chi connectivity index (χ0n) is 83.5. The van der Waals surface area contributed by atoms with Gasteiger partial charge in [-0.25, -0.2) is 48.8 Å². The van der Waals surface area contributed by atoms with Crippen LogP contribution in [0.4, 0.5) is 13.2 Å². The molecule has 9 heterocycles. The van der Waals surface area contributed by atoms with Crippen LogP contribution in [0.5, 0.6) is 34.9 Å². The van der Waals surface area contributed by atoms with Crippen LogP contribution in [0.2, 0.25) is 0 Å². The molecule has 139 heavy (non-hydrogen) atoms. The van der Waals surface area contributed by atoms with Crippen LogP contribution in [-0.4, -0.2) is 214 Å². The fraction of sp³-hybridized carbons (Fsp3) is 0.686. The van der Waals surface area contributed by atoms with Crippen LogP contribution in [-0.2, 0) is 137 Å². The minimum Gasteiger partial charge on any atom is -0.540 e. The van der Waals surface area contributed by atoms with E-state index in [9.17, 15) is 56.3 Å². The number of esters is 3. The molecule has 34 heteroatoms. The molecule has 0 unspecified atom stereocenters. The van der Waals surface area contributed by atoms with Gasteiger partial charge in [0.25, 0.3) is 0 Å². The summed E-state index contributed by atoms with van der Waals surface area (Å²) < 4.78 is 104. The van der Waals surface area contributed by atoms with E-state index in [4.69, 9.17) is 77.3 Å². The number of alkyl halides is 3. The van der Waals surface area contributed by atoms with E-state index in [1.165, 1.54) is 22.6 Å². The second kappa shape index (κ2) is 46.7. The zero-order chi connectivity index (χ0) is 97.7. The molecule has 0 N–H and O–H groups in total. The van der Waals surface area contributed by atoms with Gasteiger partial charge in [0, 0.05) is 92.8 Å². The van der Waals surface area contributed by atoms with Gasteiger partial charge in [0.1, 0.15) is 64.3 Å². The number of benzene rings is 3. The predicted octanol–water partition coefficient (Wildman–Crippen LogP) is 17.4. The van der Waals surface area contributed by atoms with E-state index < -0.39 is 124 Å². The van der Waals surface area contributed by atoms with Gasteiger partial charge in [-0.05, 0) is 204 Å². The van der Waals surface area contributed by atoms with Crippen LogP contribution in [0.15, 0.2) is 54.6 Å². The molecule has 3 radical (unpaired) electrons. The largest absolute Gasteiger partial charge is 0.540 e. The molecule has 4 aliphatic carbocycles. The minimum absolute atomic E-state index is 0. The van der Waals surface area contributed by atoms with Gasteiger partial charge in [-0.15, -0.1) is 0 Å². The van der Waals surface area contributed by atoms with E-state index in [-0.39, 0.29) is 149 Å². The number of aromatic nitrogens is 6. The molecule has 757 valence electrons. The van der Waals surface area contributed by atoms with E-state index in [1.54, 1.807) is 79.2 Å². The van der Waals surface area contributed by atoms with E-state index in [0.717, 1.165) is 106 Å². The van der Waals surface area contributed by atoms with Crippen LogP contribution in [0.25, 0.3) is 33.1 Å². The number of ether oxygens (including phenoxy) is 10. The van der Waals surface area contributed by atoms with Gasteiger partial charge in [0.05, 0.1) is 118 Å². The standard InChI is InChI=1S/C36H48N3O6.C35H48N3O7.C34H43F3N3O6.3V/c1-6-24-29(21-40)39-20-31(24)45-33-27(37-26-13-12-23(43-5)16-28(26)38-33)11-9-7-8-10-22-18-36(14-15-36)19-30(22)44-32(41)17-25(34(39)42)35(2,3)4;1-22-29(20-39)38-19-30(22)44-32-27(36-26-15-14-24(43-6)17-28(26)37-32)13-9-7-8-11-23-12-10-16-35(23,21-42-5)45-31(40)18-25(33(38)41)34(2,3)4;1-20-27(19-41)40-18-28(20)45-30-25(38-24-14-13-22(44-5)16-26(24)39-30)12-8-6-7-10-21-11-9-15-33(21,34(35,36)37)46-29(42)17-23(31(40)43)32(2,3)4;;;/h12-13,16,22,24-25,29-31H,6-11,14-15,17-20H2,1-5H3;14-15,17,22-23,25,29-30H,7-13,16,18-19,21H2,1-6H3;13-14,16,20-21,23,27-28H,6-12,15,17-18H2,1-5H3;;;/q3*-1;;;/t22-,24+,25-,29-,30-,31+;22-,23+,25+,29+,30-,35-;20-,21+,23+,27+,28-,33+;;;/m100.../s1. The van der Waals surface area contributed by atoms with Crippen LogP contribution in [0.1, 0.15) is 267 Å². The molecule has 6 aliphatic heterocycles. The molecule has 7 fully saturated rings. The van der Waals surface area contributed by atoms with Crippen molar-refractivity contribution in [2.24, 2.45) is 74.9 Å². The third-order valence-electron chi connectivity index (χ3n) is 31.2. The molecule has 16 rings (SSSR count). The van der Waals surface area contributed by atoms with E-state index in [1.807, 2.05) is 98.1 Å². The van der Waals surface area contributed by atoms with Gasteiger partial charge in [-0.1, -0.05) is 146 Å². The third-order valence-corrected chi connectivity index (χ3v) is 31.2. The average Bonchev–Trinajstić information content (AvgIpc) is 1.61. The molecule has 10 aliphatic rings. The Morgan fingerprint density at radius 3 is 1.21 bits per heavy atom. The van der Waals surface area contributed by atoms with Crippen LogP contribution >= 0.6 is 0 Å². The summed E-state index contributed by atoms with van der Waals surface area (Å²) in [6, 6.07) is 14.0. The Balaban J connectivity index is 0.000000198. The van der Waals surface area contributed by atoms with Crippen molar-refractivity contribution in [2.45, 2.75) is 329 Å². The Labute approximate surface area is 851 Å². The first-order valence-electron chi connectivity index (χ1n) is 49.5. The number of methoxy groups -OCH3 is 4. The molecule has 18 atom stereocenters. The number of nitrogens with zero attached hydrogens (tertiary/aromatic N) is 9. The maximum Gasteiger partial charge on any atom is 0.428 e. The molecular weight excluding hydrogens is 1900 g/mol. The summed E-state index contributed by atoms with van der Waals surface area (Å²) in [4.78, 5) is 154. The first-order chi connectivity index (χ1) is 64.7. The first-order valence-corrected chi connectivity index (χ1v) is 49.5. The van der Waals surface area contributed by atoms with Crippen molar-refractivity contribution in [1.29, 1.82) is 0 Å². The second-order valence-electron chi connectivity index (χ2n) is 43.3. The fourth-order valence-electron chi connectivity index (χ4n) is 22.8. The number of aryl methyl sites for hydroxylation is 3. The monoisotopic (exact) mass is 2040 g/mol. The van der Waals surface area contributed by atoms with Crippen molar-refractivity contribution < 1.29 is 159 Å². The Morgan fingerprint density at radius 2 is 0.806 bits per heavy atom. The molecule has 28 nitrogen and oxygen atoms in total. The number of hydrogen-bond acceptors (Lipinski definition) is 25. The number of halogens is 3. The molecule has 3 aromatic carbocycles. The smallest absolute Gasteiger partial charge is 0.428 e. The molecule has 1 spiro atoms. The zero-order valence-corrected chi connectivity index (χ0v) is 87.7. The van der Waals surface area contributed by atoms with Crippen molar-refractivity contribution in [3.63, 3.8) is 0 Å². The van der Waals surface area contributed by atoms with Gasteiger partial charge >= 0.3 is 24.1 Å². The van der Waals surface area contributed by atoms with Crippen LogP contribution in [0, 0.1) is 74.9 Å². The molecule has 6 aromatic rings. The van der Waals surface area contributed by atoms with Crippen molar-refractivity contribution in [1.82, 2.24) is 44.6 Å². The molecular formula is C105H139F3N9O19V3-3. The molecule has 3 aromatic heterocycles. The Hall–Kier alpha value is -8.19. The summed E-state index contributed by atoms with van der Waals surface area (Å²) in [7, 11) is 6.42. The Kier molecular flexibility index (Phi) is 37.3. The maximum absolute atomic E-state index is 14.7. The molecule has 3 saturated heterocycles. The van der Waals surface area contributed by atoms with Gasteiger partial charge < -0.3 is 76.5 Å². The second-order valence-corrected chi connectivity index (χ2v) is 43.3. The Bertz CT molecular complexity index is 5330. The topological polar surface area (TPSA) is 333 Å². The average molecular weight is 2040 g/mol. The molecule has 4 saturated carbocycles. The van der Waals surface area contributed by atoms with Crippen molar-refractivity contribution in [2.75, 3.05) is 54.7 Å². The fourth-order valence-corrected chi connectivity index (χ4v) is 22.8. The summed E-state index contributed by atoms with van der Waals surface area (Å²) in [5.74, 6) is -3.54. The molecule has 3 amide bonds. The van der Waals surface area contributed by atoms with E-state index >= 15 is 0 Å². The first kappa shape index (κ1) is 111. The normalized spacial score (nSPS) is 29.6. The quantitative estimate of drug-likeness (QED) is 0.0737. The minimum atomic E-state index is -4.75. The number of fused-ring (bicyclic) bond motifs is 15. The number of carbonyl (C=O) groups is 6. The number of amides is 3. The number of carbonyl (C=O) groups excluding carboxylic acids is 9.